The van der Waals surface area contributed by atoms with E-state index >= 15 is 0 Å². The molecule has 1 amide bonds. The number of thiophene rings is 1. The van der Waals surface area contributed by atoms with Gasteiger partial charge in [-0.3, -0.25) is 4.79 Å². The molecule has 4 rings (SSSR count). The molecule has 1 atom stereocenters. The number of hydrogen-bond donors (Lipinski definition) is 1. The lowest BCUT2D eigenvalue weighted by molar-refractivity contribution is 0.0689. The highest BCUT2D eigenvalue weighted by Gasteiger charge is 2.57. The van der Waals surface area contributed by atoms with E-state index in [0.717, 1.165) is 32.4 Å². The quantitative estimate of drug-likeness (QED) is 0.837. The molecular weight excluding hydrogens is 368 g/mol. The molecule has 2 fully saturated rings. The van der Waals surface area contributed by atoms with Crippen LogP contribution in [0.3, 0.4) is 0 Å². The second kappa shape index (κ2) is 7.99. The maximum atomic E-state index is 13.4. The summed E-state index contributed by atoms with van der Waals surface area (Å²) in [6, 6.07) is 10.0. The lowest BCUT2D eigenvalue weighted by Crippen LogP contribution is -2.39. The van der Waals surface area contributed by atoms with Crippen LogP contribution in [-0.2, 0) is 6.54 Å². The van der Waals surface area contributed by atoms with Crippen molar-refractivity contribution in [1.82, 2.24) is 10.2 Å². The van der Waals surface area contributed by atoms with Gasteiger partial charge in [-0.2, -0.15) is 11.3 Å². The van der Waals surface area contributed by atoms with Gasteiger partial charge >= 0.3 is 0 Å². The van der Waals surface area contributed by atoms with E-state index in [1.807, 2.05) is 24.3 Å². The first kappa shape index (κ1) is 19.2. The van der Waals surface area contributed by atoms with Crippen LogP contribution >= 0.6 is 23.7 Å². The lowest BCUT2D eigenvalue weighted by Gasteiger charge is -2.30. The van der Waals surface area contributed by atoms with Gasteiger partial charge in [0.25, 0.3) is 5.91 Å². The number of carbonyl (C=O) groups is 1. The molecule has 1 aromatic carbocycles. The topological polar surface area (TPSA) is 41.6 Å². The largest absolute Gasteiger partial charge is 0.496 e. The van der Waals surface area contributed by atoms with E-state index in [1.165, 1.54) is 5.56 Å². The fourth-order valence-electron chi connectivity index (χ4n) is 4.11. The minimum Gasteiger partial charge on any atom is -0.496 e. The monoisotopic (exact) mass is 392 g/mol. The van der Waals surface area contributed by atoms with Crippen molar-refractivity contribution < 1.29 is 9.53 Å². The van der Waals surface area contributed by atoms with Crippen LogP contribution in [-0.4, -0.2) is 37.0 Å². The van der Waals surface area contributed by atoms with E-state index in [1.54, 1.807) is 18.4 Å². The Hall–Kier alpha value is -1.56. The van der Waals surface area contributed by atoms with Crippen LogP contribution in [0.4, 0.5) is 0 Å². The van der Waals surface area contributed by atoms with Crippen molar-refractivity contribution in [3.63, 3.8) is 0 Å². The Morgan fingerprint density at radius 3 is 2.77 bits per heavy atom. The maximum Gasteiger partial charge on any atom is 0.258 e. The number of halogens is 1. The van der Waals surface area contributed by atoms with Crippen LogP contribution < -0.4 is 10.1 Å². The van der Waals surface area contributed by atoms with Crippen molar-refractivity contribution >= 4 is 29.7 Å². The van der Waals surface area contributed by atoms with Crippen LogP contribution in [0.1, 0.15) is 35.2 Å². The van der Waals surface area contributed by atoms with Gasteiger partial charge in [0.1, 0.15) is 5.75 Å². The third kappa shape index (κ3) is 3.61. The van der Waals surface area contributed by atoms with E-state index in [2.05, 4.69) is 27.0 Å². The van der Waals surface area contributed by atoms with E-state index in [0.29, 0.717) is 29.3 Å². The molecule has 6 heteroatoms. The number of piperidine rings is 1. The molecule has 140 valence electrons. The molecule has 4 nitrogen and oxygen atoms in total. The Balaban J connectivity index is 0.00000196. The SMILES string of the molecule is COc1ccccc1C(=O)N(Cc1ccsc1)C1CC12CCNCC2.Cl. The molecule has 2 aliphatic rings. The summed E-state index contributed by atoms with van der Waals surface area (Å²) in [7, 11) is 1.63. The van der Waals surface area contributed by atoms with Gasteiger partial charge in [0.2, 0.25) is 0 Å². The molecule has 0 radical (unpaired) electrons. The van der Waals surface area contributed by atoms with Crippen LogP contribution in [0.2, 0.25) is 0 Å². The summed E-state index contributed by atoms with van der Waals surface area (Å²) < 4.78 is 5.43. The highest BCUT2D eigenvalue weighted by atomic mass is 35.5. The first-order valence-corrected chi connectivity index (χ1v) is 9.84. The third-order valence-corrected chi connectivity index (χ3v) is 6.39. The Kier molecular flexibility index (Phi) is 5.90. The smallest absolute Gasteiger partial charge is 0.258 e. The Labute approximate surface area is 165 Å². The zero-order valence-corrected chi connectivity index (χ0v) is 16.6. The van der Waals surface area contributed by atoms with Gasteiger partial charge in [0.15, 0.2) is 0 Å². The average Bonchev–Trinajstić information content (AvgIpc) is 3.08. The summed E-state index contributed by atoms with van der Waals surface area (Å²) >= 11 is 1.68. The summed E-state index contributed by atoms with van der Waals surface area (Å²) in [4.78, 5) is 15.5. The van der Waals surface area contributed by atoms with Crippen molar-refractivity contribution in [2.75, 3.05) is 20.2 Å². The van der Waals surface area contributed by atoms with Crippen molar-refractivity contribution in [3.05, 3.63) is 52.2 Å². The second-order valence-corrected chi connectivity index (χ2v) is 7.88. The molecular formula is C20H25ClN2O2S. The number of hydrogen-bond acceptors (Lipinski definition) is 4. The zero-order chi connectivity index (χ0) is 17.3. The number of amides is 1. The third-order valence-electron chi connectivity index (χ3n) is 5.65. The van der Waals surface area contributed by atoms with Gasteiger partial charge in [-0.1, -0.05) is 12.1 Å². The lowest BCUT2D eigenvalue weighted by atomic mass is 9.93. The number of nitrogens with one attached hydrogen (secondary N) is 1. The fraction of sp³-hybridized carbons (Fsp3) is 0.450. The van der Waals surface area contributed by atoms with Crippen LogP contribution in [0.25, 0.3) is 0 Å². The zero-order valence-electron chi connectivity index (χ0n) is 14.9. The van der Waals surface area contributed by atoms with E-state index in [-0.39, 0.29) is 18.3 Å². The average molecular weight is 393 g/mol. The first-order chi connectivity index (χ1) is 12.2. The van der Waals surface area contributed by atoms with Crippen molar-refractivity contribution in [3.8, 4) is 5.75 Å². The minimum absolute atomic E-state index is 0. The van der Waals surface area contributed by atoms with Gasteiger partial charge in [0, 0.05) is 12.6 Å². The van der Waals surface area contributed by atoms with Gasteiger partial charge < -0.3 is 15.0 Å². The summed E-state index contributed by atoms with van der Waals surface area (Å²) in [5, 5.41) is 7.66. The predicted molar refractivity (Wildman–Crippen MR) is 107 cm³/mol. The van der Waals surface area contributed by atoms with Gasteiger partial charge in [-0.25, -0.2) is 0 Å². The molecule has 26 heavy (non-hydrogen) atoms. The predicted octanol–water partition coefficient (Wildman–Crippen LogP) is 3.96. The van der Waals surface area contributed by atoms with Crippen molar-refractivity contribution in [1.29, 1.82) is 0 Å². The van der Waals surface area contributed by atoms with Crippen LogP contribution in [0.5, 0.6) is 5.75 Å². The standard InChI is InChI=1S/C20H24N2O2S.ClH/c1-24-17-5-3-2-4-16(17)19(23)22(13-15-6-11-25-14-15)18-12-20(18)7-9-21-10-8-20;/h2-6,11,14,18,21H,7-10,12-13H2,1H3;1H. The van der Waals surface area contributed by atoms with Crippen molar-refractivity contribution in [2.45, 2.75) is 31.8 Å². The maximum absolute atomic E-state index is 13.4. The number of methoxy groups -OCH3 is 1. The summed E-state index contributed by atoms with van der Waals surface area (Å²) in [6.07, 6.45) is 3.45. The Bertz CT molecular complexity index is 744. The van der Waals surface area contributed by atoms with E-state index < -0.39 is 0 Å². The number of para-hydroxylation sites is 1. The van der Waals surface area contributed by atoms with Crippen molar-refractivity contribution in [2.24, 2.45) is 5.41 Å². The highest BCUT2D eigenvalue weighted by Crippen LogP contribution is 2.56. The summed E-state index contributed by atoms with van der Waals surface area (Å²) in [5.41, 5.74) is 2.19. The molecule has 1 spiro atoms. The molecule has 1 aromatic heterocycles. The molecule has 1 saturated carbocycles. The number of benzene rings is 1. The molecule has 2 heterocycles. The Morgan fingerprint density at radius 1 is 1.31 bits per heavy atom. The van der Waals surface area contributed by atoms with Crippen LogP contribution in [0.15, 0.2) is 41.1 Å². The van der Waals surface area contributed by atoms with Gasteiger partial charge in [0.05, 0.1) is 12.7 Å². The molecule has 2 aromatic rings. The fourth-order valence-corrected chi connectivity index (χ4v) is 4.77. The summed E-state index contributed by atoms with van der Waals surface area (Å²) in [6.45, 7) is 2.80. The summed E-state index contributed by atoms with van der Waals surface area (Å²) in [5.74, 6) is 0.742. The number of nitrogens with zero attached hydrogens (tertiary/aromatic N) is 1. The molecule has 1 aliphatic carbocycles. The highest BCUT2D eigenvalue weighted by molar-refractivity contribution is 7.07. The molecule has 1 unspecified atom stereocenters. The van der Waals surface area contributed by atoms with E-state index in [9.17, 15) is 4.79 Å². The molecule has 1 aliphatic heterocycles. The molecule has 1 N–H and O–H groups in total. The Morgan fingerprint density at radius 2 is 2.08 bits per heavy atom. The van der Waals surface area contributed by atoms with Gasteiger partial charge in [-0.15, -0.1) is 12.4 Å². The van der Waals surface area contributed by atoms with Crippen LogP contribution in [0, 0.1) is 5.41 Å². The van der Waals surface area contributed by atoms with E-state index in [4.69, 9.17) is 4.74 Å². The normalized spacial score (nSPS) is 20.3. The minimum atomic E-state index is 0. The number of ether oxygens (including phenoxy) is 1. The number of rotatable bonds is 5. The molecule has 1 saturated heterocycles. The molecule has 0 bridgehead atoms. The first-order valence-electron chi connectivity index (χ1n) is 8.89. The second-order valence-electron chi connectivity index (χ2n) is 7.10. The van der Waals surface area contributed by atoms with Gasteiger partial charge in [-0.05, 0) is 72.3 Å². The number of carbonyl (C=O) groups excluding carboxylic acids is 1.